The van der Waals surface area contributed by atoms with Gasteiger partial charge in [-0.25, -0.2) is 0 Å². The van der Waals surface area contributed by atoms with Crippen LogP contribution in [0.25, 0.3) is 22.2 Å². The third kappa shape index (κ3) is 11.7. The molecule has 0 atom stereocenters. The molecule has 66 heavy (non-hydrogen) atoms. The highest BCUT2D eigenvalue weighted by molar-refractivity contribution is 7.86. The number of fused-ring (bicyclic) bond motifs is 1. The largest absolute Gasteiger partial charge is 0.380 e. The zero-order chi connectivity index (χ0) is 46.8. The van der Waals surface area contributed by atoms with Crippen LogP contribution in [0.4, 0.5) is 22.7 Å². The number of hydrogen-bond acceptors (Lipinski definition) is 8. The zero-order valence-corrected chi connectivity index (χ0v) is 39.6. The van der Waals surface area contributed by atoms with E-state index in [4.69, 9.17) is 9.47 Å². The fourth-order valence-corrected chi connectivity index (χ4v) is 9.43. The fraction of sp³-hybridized carbons (Fsp3) is 0.264. The molecule has 0 unspecified atom stereocenters. The van der Waals surface area contributed by atoms with Gasteiger partial charge in [-0.05, 0) is 144 Å². The van der Waals surface area contributed by atoms with Crippen LogP contribution in [0.5, 0.6) is 0 Å². The number of aryl methyl sites for hydroxylation is 3. The molecule has 0 fully saturated rings. The van der Waals surface area contributed by atoms with Gasteiger partial charge in [-0.15, -0.1) is 0 Å². The van der Waals surface area contributed by atoms with Gasteiger partial charge in [0.1, 0.15) is 5.69 Å². The summed E-state index contributed by atoms with van der Waals surface area (Å²) in [5, 5.41) is 0.732. The monoisotopic (exact) mass is 928 g/mol. The van der Waals surface area contributed by atoms with E-state index in [2.05, 4.69) is 121 Å². The minimum absolute atomic E-state index is 0.168. The van der Waals surface area contributed by atoms with Crippen molar-refractivity contribution in [3.05, 3.63) is 179 Å². The van der Waals surface area contributed by atoms with Gasteiger partial charge in [-0.2, -0.15) is 16.8 Å². The Morgan fingerprint density at radius 3 is 1.50 bits per heavy atom. The molecule has 0 saturated carbocycles. The van der Waals surface area contributed by atoms with Crippen molar-refractivity contribution < 1.29 is 35.4 Å². The predicted molar refractivity (Wildman–Crippen MR) is 266 cm³/mol. The van der Waals surface area contributed by atoms with Crippen molar-refractivity contribution >= 4 is 53.9 Å². The van der Waals surface area contributed by atoms with E-state index < -0.39 is 26.0 Å². The molecule has 0 aliphatic carbocycles. The van der Waals surface area contributed by atoms with Crippen LogP contribution in [-0.2, 0) is 36.3 Å². The van der Waals surface area contributed by atoms with E-state index in [9.17, 15) is 25.9 Å². The van der Waals surface area contributed by atoms with E-state index >= 15 is 0 Å². The molecule has 7 aromatic rings. The van der Waals surface area contributed by atoms with Crippen LogP contribution in [-0.4, -0.2) is 75.8 Å². The molecule has 0 bridgehead atoms. The molecule has 7 rings (SSSR count). The average molecular weight is 929 g/mol. The number of ether oxygens (including phenoxy) is 2. The highest BCUT2D eigenvalue weighted by Gasteiger charge is 2.34. The number of hydrogen-bond donors (Lipinski definition) is 2. The first kappa shape index (κ1) is 48.0. The Bertz CT molecular complexity index is 2800. The highest BCUT2D eigenvalue weighted by atomic mass is 32.2. The number of rotatable bonds is 22. The number of aromatic nitrogens is 1. The lowest BCUT2D eigenvalue weighted by atomic mass is 9.82. The second-order valence-electron chi connectivity index (χ2n) is 16.2. The Kier molecular flexibility index (Phi) is 15.7. The minimum Gasteiger partial charge on any atom is -0.380 e. The van der Waals surface area contributed by atoms with Crippen LogP contribution < -0.4 is 9.80 Å². The van der Waals surface area contributed by atoms with Gasteiger partial charge in [0.25, 0.3) is 20.2 Å². The molecular formula is C53H58N3O8S2+. The number of benzene rings is 6. The highest BCUT2D eigenvalue weighted by Crippen LogP contribution is 2.45. The minimum atomic E-state index is -4.60. The molecule has 344 valence electrons. The standard InChI is InChI=1S/C53H57N3O8S2/c1-5-63-35-33-54(44-22-14-39(3)15-23-44)46-26-18-41(19-27-46)51(42-20-28-47(29-21-42)55(34-36-64-6-2)45-24-16-40(4)17-25-45)52-49-31-30-48(66(60,61)62)38-50(49)56(32-10-11-37-65(57,58)59)53(52)43-12-8-7-9-13-43/h7-9,12-31,38H,5-6,10-11,32-37H2,1-4H3,(H-,57,58,59,60,61,62)/p+1. The fourth-order valence-electron chi connectivity index (χ4n) is 8.36. The Morgan fingerprint density at radius 1 is 0.591 bits per heavy atom. The van der Waals surface area contributed by atoms with Crippen LogP contribution in [0, 0.1) is 19.8 Å². The van der Waals surface area contributed by atoms with Gasteiger partial charge in [0.2, 0.25) is 0 Å². The summed E-state index contributed by atoms with van der Waals surface area (Å²) in [5.41, 5.74) is 11.1. The van der Waals surface area contributed by atoms with Gasteiger partial charge in [0.05, 0.1) is 68.7 Å². The normalized spacial score (nSPS) is 11.8. The molecule has 2 N–H and O–H groups in total. The van der Waals surface area contributed by atoms with Crippen molar-refractivity contribution in [2.45, 2.75) is 52.0 Å². The van der Waals surface area contributed by atoms with Crippen molar-refractivity contribution in [2.24, 2.45) is 0 Å². The number of anilines is 4. The lowest BCUT2D eigenvalue weighted by Crippen LogP contribution is -2.22. The van der Waals surface area contributed by atoms with Crippen LogP contribution in [0.15, 0.2) is 150 Å². The molecule has 0 aliphatic heterocycles. The lowest BCUT2D eigenvalue weighted by molar-refractivity contribution is 0.155. The van der Waals surface area contributed by atoms with E-state index in [1.165, 1.54) is 12.1 Å². The van der Waals surface area contributed by atoms with Gasteiger partial charge in [-0.1, -0.05) is 53.6 Å². The number of nitrogens with zero attached hydrogens (tertiary/aromatic N) is 3. The maximum Gasteiger partial charge on any atom is 0.294 e. The topological polar surface area (TPSA) is 139 Å². The Labute approximate surface area is 389 Å². The molecule has 0 radical (unpaired) electrons. The molecule has 13 heteroatoms. The van der Waals surface area contributed by atoms with Crippen molar-refractivity contribution in [1.82, 2.24) is 4.57 Å². The molecule has 1 aromatic heterocycles. The molecule has 0 aliphatic rings. The van der Waals surface area contributed by atoms with Crippen molar-refractivity contribution in [3.8, 4) is 11.3 Å². The first-order valence-corrected chi connectivity index (χ1v) is 25.4. The van der Waals surface area contributed by atoms with Gasteiger partial charge in [0, 0.05) is 49.8 Å². The summed E-state index contributed by atoms with van der Waals surface area (Å²) < 4.78 is 82.5. The van der Waals surface area contributed by atoms with E-state index in [-0.39, 0.29) is 17.9 Å². The maximum atomic E-state index is 12.7. The van der Waals surface area contributed by atoms with E-state index in [0.29, 0.717) is 51.5 Å². The summed E-state index contributed by atoms with van der Waals surface area (Å²) in [6, 6.07) is 48.1. The van der Waals surface area contributed by atoms with Crippen molar-refractivity contribution in [1.29, 1.82) is 0 Å². The molecule has 0 spiro atoms. The number of unbranched alkanes of at least 4 members (excludes halogenated alkanes) is 1. The first-order valence-electron chi connectivity index (χ1n) is 22.3. The van der Waals surface area contributed by atoms with Gasteiger partial charge >= 0.3 is 0 Å². The maximum absolute atomic E-state index is 12.7. The van der Waals surface area contributed by atoms with Gasteiger partial charge < -0.3 is 23.8 Å². The van der Waals surface area contributed by atoms with Crippen LogP contribution >= 0.6 is 0 Å². The second kappa shape index (κ2) is 21.6. The zero-order valence-electron chi connectivity index (χ0n) is 37.9. The molecule has 6 aromatic carbocycles. The molecule has 0 amide bonds. The second-order valence-corrected chi connectivity index (χ2v) is 19.2. The summed E-state index contributed by atoms with van der Waals surface area (Å²) in [4.78, 5) is 4.21. The van der Waals surface area contributed by atoms with E-state index in [0.717, 1.165) is 73.1 Å². The average Bonchev–Trinajstić information content (AvgIpc) is 3.62. The summed E-state index contributed by atoms with van der Waals surface area (Å²) >= 11 is 0. The summed E-state index contributed by atoms with van der Waals surface area (Å²) in [7, 11) is -8.81. The van der Waals surface area contributed by atoms with Crippen molar-refractivity contribution in [3.63, 3.8) is 0 Å². The lowest BCUT2D eigenvalue weighted by Gasteiger charge is -2.26. The first-order chi connectivity index (χ1) is 31.8. The molecule has 1 heterocycles. The summed E-state index contributed by atoms with van der Waals surface area (Å²) in [6.07, 6.45) is 0.520. The smallest absolute Gasteiger partial charge is 0.294 e. The Hall–Kier alpha value is -5.93. The van der Waals surface area contributed by atoms with Gasteiger partial charge in [0.15, 0.2) is 0 Å². The summed E-state index contributed by atoms with van der Waals surface area (Å²) in [5.74, 6) is 0.459. The predicted octanol–water partition coefficient (Wildman–Crippen LogP) is 11.2. The van der Waals surface area contributed by atoms with E-state index in [1.54, 1.807) is 6.07 Å². The van der Waals surface area contributed by atoms with Crippen LogP contribution in [0.3, 0.4) is 0 Å². The Morgan fingerprint density at radius 2 is 1.06 bits per heavy atom. The van der Waals surface area contributed by atoms with Crippen LogP contribution in [0.2, 0.25) is 0 Å². The quantitative estimate of drug-likeness (QED) is 0.0384. The molecular weight excluding hydrogens is 871 g/mol. The third-order valence-electron chi connectivity index (χ3n) is 11.6. The van der Waals surface area contributed by atoms with Gasteiger partial charge in [-0.3, -0.25) is 9.11 Å². The molecule has 11 nitrogen and oxygen atoms in total. The van der Waals surface area contributed by atoms with Crippen LogP contribution in [0.1, 0.15) is 54.5 Å². The van der Waals surface area contributed by atoms with Crippen molar-refractivity contribution in [2.75, 3.05) is 55.1 Å². The SMILES string of the molecule is CCOCCN(c1ccc(C)cc1)c1ccc([C+](c2ccc(N(CCOCC)c3ccc(C)cc3)cc2)c2c(-c3ccccc3)n(CCCCS(=O)(=O)O)c3cc(S(=O)(=O)O)ccc23)cc1. The third-order valence-corrected chi connectivity index (χ3v) is 13.3. The molecule has 0 saturated heterocycles. The Balaban J connectivity index is 1.45. The summed E-state index contributed by atoms with van der Waals surface area (Å²) in [6.45, 7) is 11.9. The van der Waals surface area contributed by atoms with E-state index in [1.807, 2.05) is 48.7 Å².